The topological polar surface area (TPSA) is 100 Å². The highest BCUT2D eigenvalue weighted by atomic mass is 32.2. The van der Waals surface area contributed by atoms with E-state index in [1.165, 1.54) is 17.8 Å². The van der Waals surface area contributed by atoms with Gasteiger partial charge in [0.25, 0.3) is 0 Å². The minimum Gasteiger partial charge on any atom is -0.477 e. The van der Waals surface area contributed by atoms with Gasteiger partial charge in [-0.05, 0) is 25.1 Å². The molecule has 3 rings (SSSR count). The van der Waals surface area contributed by atoms with Crippen molar-refractivity contribution in [2.45, 2.75) is 30.7 Å². The van der Waals surface area contributed by atoms with Crippen LogP contribution in [0.25, 0.3) is 11.0 Å². The van der Waals surface area contributed by atoms with Gasteiger partial charge < -0.3 is 24.5 Å². The molecule has 6 nitrogen and oxygen atoms in total. The standard InChI is InChI=1S/C15H16O6S/c1-7-4-10(16)9-5-8(2-3-12(9)20-7)21-15-14(19)13(18)11(17)6-22-15/h2-5,11,13-15,17-19H,6H2,1H3/t11-,13+,14-,15+/m1/s1. The lowest BCUT2D eigenvalue weighted by atomic mass is 10.1. The fourth-order valence-corrected chi connectivity index (χ4v) is 3.47. The molecule has 0 aliphatic carbocycles. The van der Waals surface area contributed by atoms with Crippen molar-refractivity contribution in [3.8, 4) is 5.75 Å². The smallest absolute Gasteiger partial charge is 0.193 e. The number of benzene rings is 1. The fraction of sp³-hybridized carbons (Fsp3) is 0.400. The van der Waals surface area contributed by atoms with Gasteiger partial charge in [-0.2, -0.15) is 0 Å². The molecule has 1 fully saturated rings. The lowest BCUT2D eigenvalue weighted by Gasteiger charge is -2.34. The van der Waals surface area contributed by atoms with Crippen LogP contribution in [0.1, 0.15) is 5.76 Å². The van der Waals surface area contributed by atoms with Crippen LogP contribution in [0, 0.1) is 6.92 Å². The van der Waals surface area contributed by atoms with E-state index in [2.05, 4.69) is 0 Å². The van der Waals surface area contributed by atoms with Gasteiger partial charge in [0.1, 0.15) is 29.3 Å². The van der Waals surface area contributed by atoms with Crippen LogP contribution < -0.4 is 10.2 Å². The third kappa shape index (κ3) is 2.85. The number of rotatable bonds is 2. The fourth-order valence-electron chi connectivity index (χ4n) is 2.35. The third-order valence-corrected chi connectivity index (χ3v) is 4.77. The summed E-state index contributed by atoms with van der Waals surface area (Å²) >= 11 is 1.21. The van der Waals surface area contributed by atoms with Crippen LogP contribution in [0.15, 0.2) is 33.5 Å². The number of thioether (sulfide) groups is 1. The zero-order valence-electron chi connectivity index (χ0n) is 11.8. The van der Waals surface area contributed by atoms with E-state index in [1.807, 2.05) is 0 Å². The Labute approximate surface area is 130 Å². The second-order valence-electron chi connectivity index (χ2n) is 5.25. The highest BCUT2D eigenvalue weighted by Gasteiger charge is 2.38. The molecule has 1 aliphatic rings. The summed E-state index contributed by atoms with van der Waals surface area (Å²) in [6.45, 7) is 1.70. The number of aryl methyl sites for hydroxylation is 1. The number of aliphatic hydroxyl groups is 3. The first-order valence-corrected chi connectivity index (χ1v) is 7.87. The predicted octanol–water partition coefficient (Wildman–Crippen LogP) is 0.636. The van der Waals surface area contributed by atoms with Crippen LogP contribution in [-0.4, -0.2) is 44.8 Å². The molecular weight excluding hydrogens is 308 g/mol. The number of aliphatic hydroxyl groups excluding tert-OH is 3. The summed E-state index contributed by atoms with van der Waals surface area (Å²) in [5.74, 6) is 1.18. The molecule has 0 spiro atoms. The molecule has 2 aromatic rings. The van der Waals surface area contributed by atoms with E-state index in [9.17, 15) is 20.1 Å². The molecule has 4 atom stereocenters. The zero-order valence-corrected chi connectivity index (χ0v) is 12.6. The summed E-state index contributed by atoms with van der Waals surface area (Å²) in [6.07, 6.45) is -3.44. The lowest BCUT2D eigenvalue weighted by Crippen LogP contribution is -2.50. The maximum Gasteiger partial charge on any atom is 0.193 e. The molecule has 1 aliphatic heterocycles. The number of hydrogen-bond donors (Lipinski definition) is 3. The molecule has 7 heteroatoms. The van der Waals surface area contributed by atoms with E-state index in [-0.39, 0.29) is 11.2 Å². The third-order valence-electron chi connectivity index (χ3n) is 3.53. The first-order valence-electron chi connectivity index (χ1n) is 6.82. The average Bonchev–Trinajstić information content (AvgIpc) is 2.48. The Kier molecular flexibility index (Phi) is 4.14. The van der Waals surface area contributed by atoms with Crippen LogP contribution in [-0.2, 0) is 0 Å². The van der Waals surface area contributed by atoms with E-state index in [0.717, 1.165) is 0 Å². The van der Waals surface area contributed by atoms with E-state index < -0.39 is 23.7 Å². The lowest BCUT2D eigenvalue weighted by molar-refractivity contribution is -0.0785. The Morgan fingerprint density at radius 1 is 1.23 bits per heavy atom. The Bertz CT molecular complexity index is 742. The van der Waals surface area contributed by atoms with Gasteiger partial charge in [0, 0.05) is 11.8 Å². The van der Waals surface area contributed by atoms with Crippen molar-refractivity contribution in [2.24, 2.45) is 0 Å². The van der Waals surface area contributed by atoms with Crippen LogP contribution in [0.5, 0.6) is 5.75 Å². The molecule has 22 heavy (non-hydrogen) atoms. The largest absolute Gasteiger partial charge is 0.477 e. The van der Waals surface area contributed by atoms with Crippen LogP contribution in [0.2, 0.25) is 0 Å². The minimum absolute atomic E-state index is 0.170. The quantitative estimate of drug-likeness (QED) is 0.745. The van der Waals surface area contributed by atoms with Crippen molar-refractivity contribution in [1.82, 2.24) is 0 Å². The molecule has 118 valence electrons. The maximum atomic E-state index is 12.0. The van der Waals surface area contributed by atoms with Crippen molar-refractivity contribution in [1.29, 1.82) is 0 Å². The van der Waals surface area contributed by atoms with Crippen molar-refractivity contribution < 1.29 is 24.5 Å². The van der Waals surface area contributed by atoms with Crippen molar-refractivity contribution in [3.05, 3.63) is 40.2 Å². The molecule has 0 radical (unpaired) electrons. The number of hydrogen-bond acceptors (Lipinski definition) is 7. The molecular formula is C15H16O6S. The second-order valence-corrected chi connectivity index (χ2v) is 6.38. The molecule has 0 bridgehead atoms. The number of fused-ring (bicyclic) bond motifs is 1. The first-order chi connectivity index (χ1) is 10.5. The molecule has 0 saturated carbocycles. The zero-order chi connectivity index (χ0) is 15.9. The summed E-state index contributed by atoms with van der Waals surface area (Å²) in [4.78, 5) is 12.0. The van der Waals surface area contributed by atoms with Gasteiger partial charge in [-0.25, -0.2) is 0 Å². The highest BCUT2D eigenvalue weighted by molar-refractivity contribution is 7.99. The summed E-state index contributed by atoms with van der Waals surface area (Å²) in [5.41, 5.74) is -0.422. The SMILES string of the molecule is Cc1cc(=O)c2cc(O[C@H]3SC[C@@H](O)[C@H](O)[C@H]3O)ccc2o1. The highest BCUT2D eigenvalue weighted by Crippen LogP contribution is 2.30. The minimum atomic E-state index is -1.25. The van der Waals surface area contributed by atoms with E-state index >= 15 is 0 Å². The molecule has 0 unspecified atom stereocenters. The van der Waals surface area contributed by atoms with Gasteiger partial charge in [0.05, 0.1) is 11.5 Å². The van der Waals surface area contributed by atoms with Crippen molar-refractivity contribution in [3.63, 3.8) is 0 Å². The van der Waals surface area contributed by atoms with Gasteiger partial charge in [-0.1, -0.05) is 0 Å². The average molecular weight is 324 g/mol. The van der Waals surface area contributed by atoms with Gasteiger partial charge in [0.2, 0.25) is 0 Å². The molecule has 1 aromatic carbocycles. The normalized spacial score (nSPS) is 28.7. The van der Waals surface area contributed by atoms with Crippen LogP contribution >= 0.6 is 11.8 Å². The second kappa shape index (κ2) is 5.92. The summed E-state index contributed by atoms with van der Waals surface area (Å²) in [6, 6.07) is 6.21. The van der Waals surface area contributed by atoms with Gasteiger partial charge in [-0.15, -0.1) is 11.8 Å². The summed E-state index contributed by atoms with van der Waals surface area (Å²) in [5, 5.41) is 29.5. The molecule has 3 N–H and O–H groups in total. The molecule has 1 aromatic heterocycles. The molecule has 0 amide bonds. The van der Waals surface area contributed by atoms with Crippen LogP contribution in [0.3, 0.4) is 0 Å². The van der Waals surface area contributed by atoms with Gasteiger partial charge in [-0.3, -0.25) is 4.79 Å². The van der Waals surface area contributed by atoms with Crippen LogP contribution in [0.4, 0.5) is 0 Å². The monoisotopic (exact) mass is 324 g/mol. The molecule has 1 saturated heterocycles. The maximum absolute atomic E-state index is 12.0. The molecule has 2 heterocycles. The Morgan fingerprint density at radius 2 is 2.00 bits per heavy atom. The van der Waals surface area contributed by atoms with Gasteiger partial charge in [0.15, 0.2) is 10.9 Å². The number of ether oxygens (including phenoxy) is 1. The Balaban J connectivity index is 1.87. The van der Waals surface area contributed by atoms with E-state index in [4.69, 9.17) is 9.15 Å². The van der Waals surface area contributed by atoms with Gasteiger partial charge >= 0.3 is 0 Å². The van der Waals surface area contributed by atoms with Crippen molar-refractivity contribution in [2.75, 3.05) is 5.75 Å². The first kappa shape index (κ1) is 15.4. The predicted molar refractivity (Wildman–Crippen MR) is 82.1 cm³/mol. The van der Waals surface area contributed by atoms with Crippen molar-refractivity contribution >= 4 is 22.7 Å². The Hall–Kier alpha value is -1.54. The van der Waals surface area contributed by atoms with E-state index in [1.54, 1.807) is 25.1 Å². The summed E-state index contributed by atoms with van der Waals surface area (Å²) < 4.78 is 11.1. The Morgan fingerprint density at radius 3 is 2.77 bits per heavy atom. The van der Waals surface area contributed by atoms with E-state index in [0.29, 0.717) is 22.5 Å². The summed E-state index contributed by atoms with van der Waals surface area (Å²) in [7, 11) is 0.